The van der Waals surface area contributed by atoms with Crippen LogP contribution in [0.3, 0.4) is 0 Å². The van der Waals surface area contributed by atoms with E-state index in [1.165, 1.54) is 58.0 Å². The molecule has 0 aromatic rings. The molecule has 1 aliphatic rings. The molecule has 114 valence electrons. The molecule has 0 heterocycles. The number of hydrogen-bond acceptors (Lipinski definition) is 1. The van der Waals surface area contributed by atoms with Gasteiger partial charge in [-0.3, -0.25) is 0 Å². The molecule has 19 heavy (non-hydrogen) atoms. The predicted molar refractivity (Wildman–Crippen MR) is 86.5 cm³/mol. The highest BCUT2D eigenvalue weighted by molar-refractivity contribution is 4.80. The SMILES string of the molecule is CC(C)CNCCCCC1CCC(C(C)(C)C)CC1. The zero-order chi connectivity index (χ0) is 14.3. The van der Waals surface area contributed by atoms with Crippen molar-refractivity contribution >= 4 is 0 Å². The van der Waals surface area contributed by atoms with Crippen LogP contribution in [0.1, 0.15) is 79.6 Å². The van der Waals surface area contributed by atoms with E-state index < -0.39 is 0 Å². The first kappa shape index (κ1) is 17.0. The van der Waals surface area contributed by atoms with Crippen molar-refractivity contribution in [2.24, 2.45) is 23.2 Å². The molecule has 0 radical (unpaired) electrons. The summed E-state index contributed by atoms with van der Waals surface area (Å²) >= 11 is 0. The van der Waals surface area contributed by atoms with E-state index in [9.17, 15) is 0 Å². The lowest BCUT2D eigenvalue weighted by atomic mass is 9.69. The summed E-state index contributed by atoms with van der Waals surface area (Å²) < 4.78 is 0. The minimum absolute atomic E-state index is 0.533. The van der Waals surface area contributed by atoms with Gasteiger partial charge >= 0.3 is 0 Å². The first-order chi connectivity index (χ1) is 8.89. The van der Waals surface area contributed by atoms with Gasteiger partial charge in [0.15, 0.2) is 0 Å². The lowest BCUT2D eigenvalue weighted by molar-refractivity contribution is 0.145. The molecular formula is C18H37N. The van der Waals surface area contributed by atoms with Crippen molar-refractivity contribution in [3.05, 3.63) is 0 Å². The molecule has 1 N–H and O–H groups in total. The molecule has 0 aromatic carbocycles. The van der Waals surface area contributed by atoms with E-state index in [4.69, 9.17) is 0 Å². The highest BCUT2D eigenvalue weighted by Crippen LogP contribution is 2.40. The predicted octanol–water partition coefficient (Wildman–Crippen LogP) is 5.25. The molecule has 1 rings (SSSR count). The molecule has 0 bridgehead atoms. The molecule has 0 saturated heterocycles. The van der Waals surface area contributed by atoms with Gasteiger partial charge in [-0.05, 0) is 55.5 Å². The lowest BCUT2D eigenvalue weighted by Crippen LogP contribution is -2.26. The molecule has 0 aromatic heterocycles. The lowest BCUT2D eigenvalue weighted by Gasteiger charge is -2.37. The minimum atomic E-state index is 0.533. The molecule has 0 spiro atoms. The zero-order valence-electron chi connectivity index (χ0n) is 14.1. The minimum Gasteiger partial charge on any atom is -0.316 e. The number of unbranched alkanes of at least 4 members (excludes halogenated alkanes) is 1. The third-order valence-electron chi connectivity index (χ3n) is 4.84. The van der Waals surface area contributed by atoms with Crippen LogP contribution < -0.4 is 5.32 Å². The van der Waals surface area contributed by atoms with Gasteiger partial charge in [-0.2, -0.15) is 0 Å². The van der Waals surface area contributed by atoms with Crippen LogP contribution in [0.2, 0.25) is 0 Å². The van der Waals surface area contributed by atoms with Gasteiger partial charge in [0.1, 0.15) is 0 Å². The number of hydrogen-bond donors (Lipinski definition) is 1. The summed E-state index contributed by atoms with van der Waals surface area (Å²) in [5.41, 5.74) is 0.533. The molecule has 0 atom stereocenters. The van der Waals surface area contributed by atoms with Crippen molar-refractivity contribution in [2.75, 3.05) is 13.1 Å². The third-order valence-corrected chi connectivity index (χ3v) is 4.84. The number of rotatable bonds is 7. The maximum absolute atomic E-state index is 3.55. The smallest absolute Gasteiger partial charge is 0.00258 e. The monoisotopic (exact) mass is 267 g/mol. The normalized spacial score (nSPS) is 24.9. The van der Waals surface area contributed by atoms with Gasteiger partial charge < -0.3 is 5.32 Å². The molecule has 1 aliphatic carbocycles. The van der Waals surface area contributed by atoms with E-state index in [0.29, 0.717) is 5.41 Å². The topological polar surface area (TPSA) is 12.0 Å². The quantitative estimate of drug-likeness (QED) is 0.621. The fraction of sp³-hybridized carbons (Fsp3) is 1.00. The first-order valence-corrected chi connectivity index (χ1v) is 8.60. The van der Waals surface area contributed by atoms with Gasteiger partial charge in [0.05, 0.1) is 0 Å². The van der Waals surface area contributed by atoms with Crippen molar-refractivity contribution in [1.82, 2.24) is 5.32 Å². The van der Waals surface area contributed by atoms with Crippen molar-refractivity contribution in [2.45, 2.75) is 79.6 Å². The van der Waals surface area contributed by atoms with E-state index in [1.807, 2.05) is 0 Å². The Balaban J connectivity index is 2.01. The molecule has 0 amide bonds. The van der Waals surface area contributed by atoms with Gasteiger partial charge in [-0.25, -0.2) is 0 Å². The van der Waals surface area contributed by atoms with Crippen LogP contribution >= 0.6 is 0 Å². The van der Waals surface area contributed by atoms with Crippen LogP contribution in [-0.2, 0) is 0 Å². The molecule has 0 unspecified atom stereocenters. The molecule has 0 aliphatic heterocycles. The summed E-state index contributed by atoms with van der Waals surface area (Å²) in [6.07, 6.45) is 10.2. The highest BCUT2D eigenvalue weighted by atomic mass is 14.8. The summed E-state index contributed by atoms with van der Waals surface area (Å²) in [4.78, 5) is 0. The highest BCUT2D eigenvalue weighted by Gasteiger charge is 2.29. The summed E-state index contributed by atoms with van der Waals surface area (Å²) in [7, 11) is 0. The fourth-order valence-corrected chi connectivity index (χ4v) is 3.39. The summed E-state index contributed by atoms with van der Waals surface area (Å²) in [6.45, 7) is 14.2. The molecule has 1 nitrogen and oxygen atoms in total. The Morgan fingerprint density at radius 3 is 2.16 bits per heavy atom. The second-order valence-corrected chi connectivity index (χ2v) is 8.18. The largest absolute Gasteiger partial charge is 0.316 e. The second-order valence-electron chi connectivity index (χ2n) is 8.18. The van der Waals surface area contributed by atoms with Crippen LogP contribution in [-0.4, -0.2) is 13.1 Å². The Hall–Kier alpha value is -0.0400. The fourth-order valence-electron chi connectivity index (χ4n) is 3.39. The van der Waals surface area contributed by atoms with E-state index in [1.54, 1.807) is 0 Å². The van der Waals surface area contributed by atoms with Gasteiger partial charge in [0, 0.05) is 0 Å². The Labute approximate surface area is 121 Å². The second kappa shape index (κ2) is 8.29. The van der Waals surface area contributed by atoms with Crippen molar-refractivity contribution in [3.8, 4) is 0 Å². The van der Waals surface area contributed by atoms with Crippen LogP contribution in [0.25, 0.3) is 0 Å². The van der Waals surface area contributed by atoms with Crippen LogP contribution in [0.15, 0.2) is 0 Å². The molecule has 1 heteroatoms. The van der Waals surface area contributed by atoms with Gasteiger partial charge in [-0.1, -0.05) is 60.3 Å². The molecule has 1 fully saturated rings. The van der Waals surface area contributed by atoms with E-state index in [2.05, 4.69) is 39.9 Å². The van der Waals surface area contributed by atoms with Crippen molar-refractivity contribution in [3.63, 3.8) is 0 Å². The van der Waals surface area contributed by atoms with E-state index in [-0.39, 0.29) is 0 Å². The Kier molecular flexibility index (Phi) is 7.42. The maximum Gasteiger partial charge on any atom is -0.00258 e. The summed E-state index contributed by atoms with van der Waals surface area (Å²) in [5, 5.41) is 3.55. The summed E-state index contributed by atoms with van der Waals surface area (Å²) in [6, 6.07) is 0. The van der Waals surface area contributed by atoms with E-state index in [0.717, 1.165) is 17.8 Å². The van der Waals surface area contributed by atoms with E-state index >= 15 is 0 Å². The van der Waals surface area contributed by atoms with Crippen LogP contribution in [0.5, 0.6) is 0 Å². The van der Waals surface area contributed by atoms with Crippen LogP contribution in [0.4, 0.5) is 0 Å². The third kappa shape index (κ3) is 7.34. The van der Waals surface area contributed by atoms with Gasteiger partial charge in [0.2, 0.25) is 0 Å². The maximum atomic E-state index is 3.55. The zero-order valence-corrected chi connectivity index (χ0v) is 14.1. The summed E-state index contributed by atoms with van der Waals surface area (Å²) in [5.74, 6) is 2.79. The first-order valence-electron chi connectivity index (χ1n) is 8.60. The van der Waals surface area contributed by atoms with Gasteiger partial charge in [-0.15, -0.1) is 0 Å². The standard InChI is InChI=1S/C18H37N/c1-15(2)14-19-13-7-6-8-16-9-11-17(12-10-16)18(3,4)5/h15-17,19H,6-14H2,1-5H3. The van der Waals surface area contributed by atoms with Crippen molar-refractivity contribution in [1.29, 1.82) is 0 Å². The van der Waals surface area contributed by atoms with Crippen LogP contribution in [0, 0.1) is 23.2 Å². The number of nitrogens with one attached hydrogen (secondary N) is 1. The Morgan fingerprint density at radius 1 is 1.00 bits per heavy atom. The van der Waals surface area contributed by atoms with Crippen molar-refractivity contribution < 1.29 is 0 Å². The molecular weight excluding hydrogens is 230 g/mol. The Morgan fingerprint density at radius 2 is 1.63 bits per heavy atom. The van der Waals surface area contributed by atoms with Gasteiger partial charge in [0.25, 0.3) is 0 Å². The molecule has 1 saturated carbocycles. The average molecular weight is 268 g/mol. The average Bonchev–Trinajstić information content (AvgIpc) is 2.32. The Bertz CT molecular complexity index is 218.